The van der Waals surface area contributed by atoms with Crippen LogP contribution in [0.15, 0.2) is 24.3 Å². The molecule has 1 aromatic rings. The summed E-state index contributed by atoms with van der Waals surface area (Å²) in [5.41, 5.74) is 2.70. The van der Waals surface area contributed by atoms with E-state index in [4.69, 9.17) is 5.84 Å². The summed E-state index contributed by atoms with van der Waals surface area (Å²) in [4.78, 5) is 0. The summed E-state index contributed by atoms with van der Waals surface area (Å²) < 4.78 is 38.2. The molecular formula is C14H19F3N2. The van der Waals surface area contributed by atoms with Gasteiger partial charge in [-0.05, 0) is 42.4 Å². The minimum atomic E-state index is -4.31. The fraction of sp³-hybridized carbons (Fsp3) is 0.571. The van der Waals surface area contributed by atoms with Crippen LogP contribution in [0, 0.1) is 11.8 Å². The van der Waals surface area contributed by atoms with Crippen molar-refractivity contribution in [3.63, 3.8) is 0 Å². The highest BCUT2D eigenvalue weighted by Crippen LogP contribution is 2.39. The highest BCUT2D eigenvalue weighted by Gasteiger charge is 2.33. The number of benzene rings is 1. The highest BCUT2D eigenvalue weighted by molar-refractivity contribution is 5.28. The van der Waals surface area contributed by atoms with Crippen molar-refractivity contribution in [1.29, 1.82) is 0 Å². The first-order chi connectivity index (χ1) is 8.91. The Hall–Kier alpha value is -1.07. The van der Waals surface area contributed by atoms with Crippen molar-refractivity contribution in [1.82, 2.24) is 5.43 Å². The smallest absolute Gasteiger partial charge is 0.271 e. The van der Waals surface area contributed by atoms with Crippen LogP contribution in [0.2, 0.25) is 0 Å². The van der Waals surface area contributed by atoms with E-state index in [-0.39, 0.29) is 6.04 Å². The van der Waals surface area contributed by atoms with Crippen molar-refractivity contribution in [3.05, 3.63) is 35.4 Å². The molecule has 0 heterocycles. The number of hydrogen-bond acceptors (Lipinski definition) is 2. The lowest BCUT2D eigenvalue weighted by molar-refractivity contribution is -0.137. The molecule has 19 heavy (non-hydrogen) atoms. The number of rotatable bonds is 3. The van der Waals surface area contributed by atoms with Crippen LogP contribution in [0.1, 0.15) is 43.4 Å². The molecular weight excluding hydrogens is 253 g/mol. The second kappa shape index (κ2) is 5.51. The van der Waals surface area contributed by atoms with Crippen LogP contribution in [0.4, 0.5) is 13.2 Å². The molecule has 0 spiro atoms. The Kier molecular flexibility index (Phi) is 4.16. The first-order valence-corrected chi connectivity index (χ1v) is 6.55. The number of nitrogens with two attached hydrogens (primary N) is 1. The molecule has 0 aliphatic heterocycles. The van der Waals surface area contributed by atoms with E-state index in [2.05, 4.69) is 12.3 Å². The summed E-state index contributed by atoms with van der Waals surface area (Å²) in [5, 5.41) is 0. The van der Waals surface area contributed by atoms with Crippen molar-refractivity contribution in [3.8, 4) is 0 Å². The summed E-state index contributed by atoms with van der Waals surface area (Å²) in [6, 6.07) is 5.25. The molecule has 5 heteroatoms. The second-order valence-corrected chi connectivity index (χ2v) is 5.45. The van der Waals surface area contributed by atoms with Crippen molar-refractivity contribution in [2.75, 3.05) is 0 Å². The number of hydrazine groups is 1. The largest absolute Gasteiger partial charge is 0.416 e. The molecule has 0 radical (unpaired) electrons. The fourth-order valence-corrected chi connectivity index (χ4v) is 2.97. The van der Waals surface area contributed by atoms with Gasteiger partial charge in [0.1, 0.15) is 0 Å². The van der Waals surface area contributed by atoms with Gasteiger partial charge in [-0.1, -0.05) is 25.5 Å². The molecule has 0 aromatic heterocycles. The third-order valence-electron chi connectivity index (χ3n) is 3.96. The van der Waals surface area contributed by atoms with Gasteiger partial charge in [0, 0.05) is 6.04 Å². The van der Waals surface area contributed by atoms with Gasteiger partial charge in [-0.2, -0.15) is 13.2 Å². The van der Waals surface area contributed by atoms with E-state index >= 15 is 0 Å². The van der Waals surface area contributed by atoms with Gasteiger partial charge in [0.25, 0.3) is 0 Å². The van der Waals surface area contributed by atoms with Gasteiger partial charge in [-0.15, -0.1) is 0 Å². The van der Waals surface area contributed by atoms with Gasteiger partial charge < -0.3 is 0 Å². The Morgan fingerprint density at radius 1 is 1.32 bits per heavy atom. The number of hydrogen-bond donors (Lipinski definition) is 2. The first kappa shape index (κ1) is 14.3. The standard InChI is InChI=1S/C14H19F3N2/c1-9-5-6-11(7-9)13(19-18)10-3-2-4-12(8-10)14(15,16)17/h2-4,8-9,11,13,19H,5-7,18H2,1H3. The molecule has 1 aliphatic rings. The van der Waals surface area contributed by atoms with E-state index in [9.17, 15) is 13.2 Å². The van der Waals surface area contributed by atoms with Crippen LogP contribution in [0.25, 0.3) is 0 Å². The molecule has 1 saturated carbocycles. The Morgan fingerprint density at radius 2 is 2.05 bits per heavy atom. The topological polar surface area (TPSA) is 38.0 Å². The molecule has 106 valence electrons. The fourth-order valence-electron chi connectivity index (χ4n) is 2.97. The molecule has 3 unspecified atom stereocenters. The molecule has 1 aliphatic carbocycles. The number of nitrogens with one attached hydrogen (secondary N) is 1. The van der Waals surface area contributed by atoms with Crippen LogP contribution >= 0.6 is 0 Å². The van der Waals surface area contributed by atoms with E-state index in [0.29, 0.717) is 17.4 Å². The molecule has 0 bridgehead atoms. The summed E-state index contributed by atoms with van der Waals surface area (Å²) in [7, 11) is 0. The van der Waals surface area contributed by atoms with Crippen molar-refractivity contribution >= 4 is 0 Å². The molecule has 1 aromatic carbocycles. The summed E-state index contributed by atoms with van der Waals surface area (Å²) in [6.45, 7) is 2.17. The SMILES string of the molecule is CC1CCC(C(NN)c2cccc(C(F)(F)F)c2)C1. The molecule has 3 atom stereocenters. The van der Waals surface area contributed by atoms with Crippen molar-refractivity contribution in [2.24, 2.45) is 17.7 Å². The Morgan fingerprint density at radius 3 is 2.58 bits per heavy atom. The van der Waals surface area contributed by atoms with E-state index < -0.39 is 11.7 Å². The Balaban J connectivity index is 2.23. The lowest BCUT2D eigenvalue weighted by Gasteiger charge is -2.24. The number of alkyl halides is 3. The molecule has 2 nitrogen and oxygen atoms in total. The van der Waals surface area contributed by atoms with Gasteiger partial charge in [-0.25, -0.2) is 0 Å². The van der Waals surface area contributed by atoms with E-state index in [1.165, 1.54) is 12.1 Å². The van der Waals surface area contributed by atoms with Crippen LogP contribution < -0.4 is 11.3 Å². The predicted molar refractivity (Wildman–Crippen MR) is 68.0 cm³/mol. The first-order valence-electron chi connectivity index (χ1n) is 6.55. The molecule has 0 saturated heterocycles. The Bertz CT molecular complexity index is 431. The molecule has 3 N–H and O–H groups in total. The third-order valence-corrected chi connectivity index (χ3v) is 3.96. The van der Waals surface area contributed by atoms with E-state index in [0.717, 1.165) is 25.3 Å². The lowest BCUT2D eigenvalue weighted by Crippen LogP contribution is -2.33. The zero-order valence-electron chi connectivity index (χ0n) is 10.9. The van der Waals surface area contributed by atoms with E-state index in [1.54, 1.807) is 6.07 Å². The molecule has 1 fully saturated rings. The predicted octanol–water partition coefficient (Wildman–Crippen LogP) is 3.65. The van der Waals surface area contributed by atoms with Gasteiger partial charge >= 0.3 is 6.18 Å². The van der Waals surface area contributed by atoms with Gasteiger partial charge in [0.2, 0.25) is 0 Å². The van der Waals surface area contributed by atoms with Gasteiger partial charge in [0.05, 0.1) is 5.56 Å². The second-order valence-electron chi connectivity index (χ2n) is 5.45. The van der Waals surface area contributed by atoms with Crippen LogP contribution in [0.5, 0.6) is 0 Å². The average molecular weight is 272 g/mol. The zero-order valence-corrected chi connectivity index (χ0v) is 10.9. The Labute approximate surface area is 111 Å². The quantitative estimate of drug-likeness (QED) is 0.651. The highest BCUT2D eigenvalue weighted by atomic mass is 19.4. The maximum Gasteiger partial charge on any atom is 0.416 e. The summed E-state index contributed by atoms with van der Waals surface area (Å²) >= 11 is 0. The van der Waals surface area contributed by atoms with Crippen LogP contribution in [0.3, 0.4) is 0 Å². The normalized spacial score (nSPS) is 25.5. The third kappa shape index (κ3) is 3.28. The van der Waals surface area contributed by atoms with Crippen molar-refractivity contribution in [2.45, 2.75) is 38.4 Å². The minimum absolute atomic E-state index is 0.202. The van der Waals surface area contributed by atoms with Gasteiger partial charge in [-0.3, -0.25) is 11.3 Å². The minimum Gasteiger partial charge on any atom is -0.271 e. The van der Waals surface area contributed by atoms with Crippen LogP contribution in [-0.2, 0) is 6.18 Å². The number of halogens is 3. The van der Waals surface area contributed by atoms with Crippen molar-refractivity contribution < 1.29 is 13.2 Å². The van der Waals surface area contributed by atoms with Crippen LogP contribution in [-0.4, -0.2) is 0 Å². The lowest BCUT2D eigenvalue weighted by atomic mass is 9.90. The van der Waals surface area contributed by atoms with E-state index in [1.807, 2.05) is 0 Å². The average Bonchev–Trinajstić information content (AvgIpc) is 2.76. The molecule has 0 amide bonds. The maximum atomic E-state index is 12.7. The summed E-state index contributed by atoms with van der Waals surface area (Å²) in [5.74, 6) is 6.48. The van der Waals surface area contributed by atoms with Gasteiger partial charge in [0.15, 0.2) is 0 Å². The summed E-state index contributed by atoms with van der Waals surface area (Å²) in [6.07, 6.45) is -1.18. The monoisotopic (exact) mass is 272 g/mol. The maximum absolute atomic E-state index is 12.7. The molecule has 2 rings (SSSR count). The zero-order chi connectivity index (χ0) is 14.0.